The third kappa shape index (κ3) is 3.39. The van der Waals surface area contributed by atoms with Gasteiger partial charge >= 0.3 is 0 Å². The quantitative estimate of drug-likeness (QED) is 0.849. The number of anilines is 1. The number of piperazine rings is 1. The van der Waals surface area contributed by atoms with Crippen LogP contribution >= 0.6 is 0 Å². The Hall–Kier alpha value is -2.36. The molecule has 1 aliphatic rings. The van der Waals surface area contributed by atoms with Gasteiger partial charge in [-0.3, -0.25) is 0 Å². The van der Waals surface area contributed by atoms with Crippen molar-refractivity contribution >= 4 is 15.7 Å². The van der Waals surface area contributed by atoms with E-state index in [1.54, 1.807) is 18.2 Å². The van der Waals surface area contributed by atoms with Crippen LogP contribution in [-0.2, 0) is 10.0 Å². The molecule has 6 heteroatoms. The Kier molecular flexibility index (Phi) is 4.80. The lowest BCUT2D eigenvalue weighted by molar-refractivity contribution is 0.385. The Morgan fingerprint density at radius 3 is 2.28 bits per heavy atom. The van der Waals surface area contributed by atoms with Gasteiger partial charge in [0.15, 0.2) is 0 Å². The first-order valence-electron chi connectivity index (χ1n) is 8.25. The minimum atomic E-state index is -3.48. The lowest BCUT2D eigenvalue weighted by atomic mass is 10.1. The van der Waals surface area contributed by atoms with E-state index in [4.69, 9.17) is 0 Å². The molecule has 0 atom stereocenters. The van der Waals surface area contributed by atoms with Gasteiger partial charge in [-0.15, -0.1) is 0 Å². The molecule has 2 aromatic rings. The molecule has 0 N–H and O–H groups in total. The minimum absolute atomic E-state index is 0.349. The van der Waals surface area contributed by atoms with Crippen LogP contribution < -0.4 is 4.90 Å². The lowest BCUT2D eigenvalue weighted by Gasteiger charge is -2.35. The van der Waals surface area contributed by atoms with Gasteiger partial charge in [0.2, 0.25) is 10.0 Å². The normalized spacial score (nSPS) is 15.8. The number of sulfonamides is 1. The number of rotatable bonds is 3. The molecule has 0 amide bonds. The van der Waals surface area contributed by atoms with Crippen LogP contribution in [0.2, 0.25) is 0 Å². The van der Waals surface area contributed by atoms with Crippen LogP contribution in [0.25, 0.3) is 0 Å². The SMILES string of the molecule is Cc1ccc(S(=O)(=O)N2CCN(c3ccccc3C#N)CC2)cc1C. The predicted molar refractivity (Wildman–Crippen MR) is 98.0 cm³/mol. The van der Waals surface area contributed by atoms with Crippen molar-refractivity contribution in [2.75, 3.05) is 31.1 Å². The van der Waals surface area contributed by atoms with Gasteiger partial charge in [0.05, 0.1) is 16.1 Å². The Morgan fingerprint density at radius 1 is 0.960 bits per heavy atom. The van der Waals surface area contributed by atoms with Gasteiger partial charge in [0.25, 0.3) is 0 Å². The van der Waals surface area contributed by atoms with E-state index in [0.717, 1.165) is 16.8 Å². The van der Waals surface area contributed by atoms with Crippen LogP contribution in [-0.4, -0.2) is 38.9 Å². The zero-order chi connectivity index (χ0) is 18.0. The van der Waals surface area contributed by atoms with E-state index in [1.807, 2.05) is 38.1 Å². The molecule has 0 bridgehead atoms. The van der Waals surface area contributed by atoms with Gasteiger partial charge in [0, 0.05) is 26.2 Å². The Balaban J connectivity index is 1.77. The summed E-state index contributed by atoms with van der Waals surface area (Å²) in [4.78, 5) is 2.42. The molecule has 0 aromatic heterocycles. The van der Waals surface area contributed by atoms with Crippen molar-refractivity contribution in [3.05, 3.63) is 59.2 Å². The van der Waals surface area contributed by atoms with Crippen LogP contribution in [0.1, 0.15) is 16.7 Å². The summed E-state index contributed by atoms with van der Waals surface area (Å²) in [5, 5.41) is 9.24. The molecule has 1 fully saturated rings. The zero-order valence-corrected chi connectivity index (χ0v) is 15.3. The van der Waals surface area contributed by atoms with Gasteiger partial charge in [-0.2, -0.15) is 9.57 Å². The summed E-state index contributed by atoms with van der Waals surface area (Å²) in [5.74, 6) is 0. The number of hydrogen-bond acceptors (Lipinski definition) is 4. The molecule has 0 radical (unpaired) electrons. The highest BCUT2D eigenvalue weighted by Crippen LogP contribution is 2.24. The van der Waals surface area contributed by atoms with Crippen LogP contribution in [0.4, 0.5) is 5.69 Å². The second-order valence-corrected chi connectivity index (χ2v) is 8.20. The van der Waals surface area contributed by atoms with Crippen molar-refractivity contribution in [3.8, 4) is 6.07 Å². The van der Waals surface area contributed by atoms with E-state index in [2.05, 4.69) is 11.0 Å². The highest BCUT2D eigenvalue weighted by molar-refractivity contribution is 7.89. The maximum Gasteiger partial charge on any atom is 0.243 e. The van der Waals surface area contributed by atoms with Crippen LogP contribution in [0.5, 0.6) is 0 Å². The van der Waals surface area contributed by atoms with Gasteiger partial charge in [-0.1, -0.05) is 18.2 Å². The van der Waals surface area contributed by atoms with Crippen LogP contribution in [0, 0.1) is 25.2 Å². The molecule has 0 unspecified atom stereocenters. The summed E-state index contributed by atoms with van der Waals surface area (Å²) in [5.41, 5.74) is 3.54. The fourth-order valence-corrected chi connectivity index (χ4v) is 4.54. The first-order chi connectivity index (χ1) is 11.9. The number of nitriles is 1. The number of para-hydroxylation sites is 1. The maximum atomic E-state index is 12.9. The molecule has 3 rings (SSSR count). The van der Waals surface area contributed by atoms with Crippen molar-refractivity contribution < 1.29 is 8.42 Å². The maximum absolute atomic E-state index is 12.9. The summed E-state index contributed by atoms with van der Waals surface area (Å²) >= 11 is 0. The van der Waals surface area contributed by atoms with Crippen molar-refractivity contribution in [3.63, 3.8) is 0 Å². The molecule has 0 saturated carbocycles. The molecule has 0 spiro atoms. The average Bonchev–Trinajstić information content (AvgIpc) is 2.64. The van der Waals surface area contributed by atoms with Crippen molar-refractivity contribution in [2.45, 2.75) is 18.7 Å². The van der Waals surface area contributed by atoms with E-state index in [9.17, 15) is 13.7 Å². The van der Waals surface area contributed by atoms with E-state index in [1.165, 1.54) is 4.31 Å². The number of hydrogen-bond donors (Lipinski definition) is 0. The first kappa shape index (κ1) is 17.5. The molecular formula is C19H21N3O2S. The molecule has 1 saturated heterocycles. The van der Waals surface area contributed by atoms with Crippen molar-refractivity contribution in [1.82, 2.24) is 4.31 Å². The monoisotopic (exact) mass is 355 g/mol. The molecule has 5 nitrogen and oxygen atoms in total. The van der Waals surface area contributed by atoms with Crippen molar-refractivity contribution in [1.29, 1.82) is 5.26 Å². The number of nitrogens with zero attached hydrogens (tertiary/aromatic N) is 3. The summed E-state index contributed by atoms with van der Waals surface area (Å²) in [6.45, 7) is 5.86. The Morgan fingerprint density at radius 2 is 1.64 bits per heavy atom. The Bertz CT molecular complexity index is 924. The number of aryl methyl sites for hydroxylation is 2. The summed E-state index contributed by atoms with van der Waals surface area (Å²) < 4.78 is 27.3. The van der Waals surface area contributed by atoms with Gasteiger partial charge in [0.1, 0.15) is 6.07 Å². The standard InChI is InChI=1S/C19H21N3O2S/c1-15-7-8-18(13-16(15)2)25(23,24)22-11-9-21(10-12-22)19-6-4-3-5-17(19)14-20/h3-8,13H,9-12H2,1-2H3. The molecule has 2 aromatic carbocycles. The minimum Gasteiger partial charge on any atom is -0.368 e. The predicted octanol–water partition coefficient (Wildman–Crippen LogP) is 2.69. The van der Waals surface area contributed by atoms with Gasteiger partial charge < -0.3 is 4.90 Å². The van der Waals surface area contributed by atoms with Gasteiger partial charge in [-0.25, -0.2) is 8.42 Å². The molecule has 1 heterocycles. The highest BCUT2D eigenvalue weighted by atomic mass is 32.2. The third-order valence-corrected chi connectivity index (χ3v) is 6.61. The third-order valence-electron chi connectivity index (χ3n) is 4.72. The summed E-state index contributed by atoms with van der Waals surface area (Å²) in [7, 11) is -3.48. The molecule has 1 aliphatic heterocycles. The van der Waals surface area contributed by atoms with Crippen LogP contribution in [0.15, 0.2) is 47.4 Å². The topological polar surface area (TPSA) is 64.4 Å². The number of benzene rings is 2. The van der Waals surface area contributed by atoms with E-state index >= 15 is 0 Å². The summed E-state index contributed by atoms with van der Waals surface area (Å²) in [6, 6.07) is 14.9. The lowest BCUT2D eigenvalue weighted by Crippen LogP contribution is -2.48. The van der Waals surface area contributed by atoms with E-state index in [0.29, 0.717) is 36.6 Å². The molecule has 25 heavy (non-hydrogen) atoms. The van der Waals surface area contributed by atoms with Crippen LogP contribution in [0.3, 0.4) is 0 Å². The Labute approximate surface area is 149 Å². The average molecular weight is 355 g/mol. The largest absolute Gasteiger partial charge is 0.368 e. The summed E-state index contributed by atoms with van der Waals surface area (Å²) in [6.07, 6.45) is 0. The van der Waals surface area contributed by atoms with E-state index in [-0.39, 0.29) is 0 Å². The molecular weight excluding hydrogens is 334 g/mol. The zero-order valence-electron chi connectivity index (χ0n) is 14.4. The second-order valence-electron chi connectivity index (χ2n) is 6.27. The highest BCUT2D eigenvalue weighted by Gasteiger charge is 2.29. The molecule has 130 valence electrons. The van der Waals surface area contributed by atoms with Gasteiger partial charge in [-0.05, 0) is 49.2 Å². The second kappa shape index (κ2) is 6.87. The fourth-order valence-electron chi connectivity index (χ4n) is 3.04. The fraction of sp³-hybridized carbons (Fsp3) is 0.316. The first-order valence-corrected chi connectivity index (χ1v) is 9.69. The van der Waals surface area contributed by atoms with E-state index < -0.39 is 10.0 Å². The smallest absolute Gasteiger partial charge is 0.243 e. The van der Waals surface area contributed by atoms with Crippen molar-refractivity contribution in [2.24, 2.45) is 0 Å². The molecule has 0 aliphatic carbocycles.